The van der Waals surface area contributed by atoms with Gasteiger partial charge in [-0.1, -0.05) is 6.92 Å². The topological polar surface area (TPSA) is 85.5 Å². The van der Waals surface area contributed by atoms with Crippen molar-refractivity contribution in [2.75, 3.05) is 36.1 Å². The van der Waals surface area contributed by atoms with Gasteiger partial charge in [-0.3, -0.25) is 4.98 Å². The highest BCUT2D eigenvalue weighted by molar-refractivity contribution is 7.91. The predicted molar refractivity (Wildman–Crippen MR) is 83.5 cm³/mol. The molecule has 0 atom stereocenters. The third kappa shape index (κ3) is 4.86. The summed E-state index contributed by atoms with van der Waals surface area (Å²) in [5.74, 6) is 0.781. The number of ether oxygens (including phenoxy) is 1. The van der Waals surface area contributed by atoms with E-state index in [1.54, 1.807) is 19.3 Å². The van der Waals surface area contributed by atoms with Crippen molar-refractivity contribution >= 4 is 15.5 Å². The van der Waals surface area contributed by atoms with Gasteiger partial charge in [0.2, 0.25) is 0 Å². The zero-order valence-electron chi connectivity index (χ0n) is 12.4. The van der Waals surface area contributed by atoms with Crippen LogP contribution in [0.15, 0.2) is 18.5 Å². The molecule has 0 saturated carbocycles. The van der Waals surface area contributed by atoms with Crippen molar-refractivity contribution in [2.24, 2.45) is 5.73 Å². The van der Waals surface area contributed by atoms with E-state index in [0.29, 0.717) is 5.75 Å². The molecule has 1 saturated heterocycles. The van der Waals surface area contributed by atoms with Crippen molar-refractivity contribution in [1.29, 1.82) is 0 Å². The second-order valence-corrected chi connectivity index (χ2v) is 7.76. The van der Waals surface area contributed by atoms with Gasteiger partial charge in [-0.25, -0.2) is 8.42 Å². The molecular weight excluding hydrogens is 290 g/mol. The number of rotatable bonds is 6. The number of pyridine rings is 1. The number of aromatic nitrogens is 1. The highest BCUT2D eigenvalue weighted by Gasteiger charge is 2.17. The van der Waals surface area contributed by atoms with Gasteiger partial charge in [-0.2, -0.15) is 0 Å². The Morgan fingerprint density at radius 1 is 1.38 bits per heavy atom. The summed E-state index contributed by atoms with van der Waals surface area (Å²) in [6.07, 6.45) is 5.35. The van der Waals surface area contributed by atoms with Crippen molar-refractivity contribution in [3.8, 4) is 5.75 Å². The summed E-state index contributed by atoms with van der Waals surface area (Å²) in [6.45, 7) is 3.62. The molecule has 2 heterocycles. The molecule has 2 N–H and O–H groups in total. The average molecular weight is 313 g/mol. The Hall–Kier alpha value is -1.34. The molecule has 0 radical (unpaired) electrons. The molecule has 7 heteroatoms. The maximum atomic E-state index is 11.4. The van der Waals surface area contributed by atoms with Gasteiger partial charge >= 0.3 is 0 Å². The molecule has 0 bridgehead atoms. The van der Waals surface area contributed by atoms with Gasteiger partial charge in [0.25, 0.3) is 0 Å². The number of nitrogens with zero attached hydrogens (tertiary/aromatic N) is 2. The summed E-state index contributed by atoms with van der Waals surface area (Å²) in [6, 6.07) is 2.19. The first kappa shape index (κ1) is 16.0. The van der Waals surface area contributed by atoms with E-state index in [2.05, 4.69) is 9.88 Å². The number of sulfone groups is 1. The van der Waals surface area contributed by atoms with Crippen molar-refractivity contribution in [1.82, 2.24) is 4.98 Å². The third-order valence-electron chi connectivity index (χ3n) is 3.71. The summed E-state index contributed by atoms with van der Waals surface area (Å²) in [5, 5.41) is 0. The first-order chi connectivity index (χ1) is 10.00. The van der Waals surface area contributed by atoms with Gasteiger partial charge in [0, 0.05) is 31.0 Å². The fraction of sp³-hybridized carbons (Fsp3) is 0.643. The average Bonchev–Trinajstić information content (AvgIpc) is 2.48. The molecule has 6 nitrogen and oxygen atoms in total. The second-order valence-electron chi connectivity index (χ2n) is 5.29. The van der Waals surface area contributed by atoms with Crippen LogP contribution in [0.1, 0.15) is 19.8 Å². The Balaban J connectivity index is 1.92. The minimum atomic E-state index is -3.00. The number of anilines is 1. The monoisotopic (exact) mass is 313 g/mol. The van der Waals surface area contributed by atoms with Crippen LogP contribution in [-0.2, 0) is 9.84 Å². The molecule has 1 aromatic heterocycles. The van der Waals surface area contributed by atoms with Crippen LogP contribution in [0, 0.1) is 0 Å². The van der Waals surface area contributed by atoms with Gasteiger partial charge in [-0.05, 0) is 12.8 Å². The molecule has 21 heavy (non-hydrogen) atoms. The lowest BCUT2D eigenvalue weighted by molar-refractivity contribution is 0.339. The van der Waals surface area contributed by atoms with E-state index >= 15 is 0 Å². The maximum Gasteiger partial charge on any atom is 0.153 e. The predicted octanol–water partition coefficient (Wildman–Crippen LogP) is 0.823. The Labute approximate surface area is 126 Å². The van der Waals surface area contributed by atoms with E-state index in [4.69, 9.17) is 10.5 Å². The fourth-order valence-electron chi connectivity index (χ4n) is 2.25. The van der Waals surface area contributed by atoms with E-state index in [-0.39, 0.29) is 24.2 Å². The molecule has 1 aliphatic heterocycles. The van der Waals surface area contributed by atoms with Crippen LogP contribution in [0.25, 0.3) is 0 Å². The molecule has 0 amide bonds. The molecule has 1 aromatic rings. The highest BCUT2D eigenvalue weighted by Crippen LogP contribution is 2.22. The SMILES string of the molecule is CCS(=O)(=O)CCOc1cncc(N2CCC(N)CC2)c1. The highest BCUT2D eigenvalue weighted by atomic mass is 32.2. The zero-order chi connectivity index (χ0) is 15.3. The molecule has 1 aliphatic rings. The van der Waals surface area contributed by atoms with Gasteiger partial charge < -0.3 is 15.4 Å². The van der Waals surface area contributed by atoms with Crippen molar-refractivity contribution < 1.29 is 13.2 Å². The molecule has 1 fully saturated rings. The van der Waals surface area contributed by atoms with Crippen LogP contribution in [0.2, 0.25) is 0 Å². The van der Waals surface area contributed by atoms with Gasteiger partial charge in [0.15, 0.2) is 9.84 Å². The van der Waals surface area contributed by atoms with Crippen molar-refractivity contribution in [2.45, 2.75) is 25.8 Å². The van der Waals surface area contributed by atoms with Crippen LogP contribution in [-0.4, -0.2) is 50.6 Å². The van der Waals surface area contributed by atoms with E-state index in [9.17, 15) is 8.42 Å². The molecule has 0 unspecified atom stereocenters. The third-order valence-corrected chi connectivity index (χ3v) is 5.37. The normalized spacial score (nSPS) is 17.0. The maximum absolute atomic E-state index is 11.4. The standard InChI is InChI=1S/C14H23N3O3S/c1-2-21(18,19)8-7-20-14-9-13(10-16-11-14)17-5-3-12(15)4-6-17/h9-12H,2-8,15H2,1H3. The first-order valence-corrected chi connectivity index (χ1v) is 9.11. The summed E-state index contributed by atoms with van der Waals surface area (Å²) in [5.41, 5.74) is 6.90. The lowest BCUT2D eigenvalue weighted by Gasteiger charge is -2.31. The minimum Gasteiger partial charge on any atom is -0.491 e. The smallest absolute Gasteiger partial charge is 0.153 e. The zero-order valence-corrected chi connectivity index (χ0v) is 13.2. The van der Waals surface area contributed by atoms with E-state index in [1.807, 2.05) is 6.07 Å². The number of hydrogen-bond acceptors (Lipinski definition) is 6. The van der Waals surface area contributed by atoms with E-state index in [0.717, 1.165) is 31.6 Å². The van der Waals surface area contributed by atoms with Crippen LogP contribution >= 0.6 is 0 Å². The molecule has 0 aromatic carbocycles. The number of piperidine rings is 1. The Morgan fingerprint density at radius 2 is 2.10 bits per heavy atom. The van der Waals surface area contributed by atoms with Crippen molar-refractivity contribution in [3.05, 3.63) is 18.5 Å². The largest absolute Gasteiger partial charge is 0.491 e. The van der Waals surface area contributed by atoms with Gasteiger partial charge in [0.1, 0.15) is 12.4 Å². The Morgan fingerprint density at radius 3 is 2.76 bits per heavy atom. The molecule has 0 aliphatic carbocycles. The Bertz CT molecular complexity index is 554. The Kier molecular flexibility index (Phi) is 5.41. The molecule has 0 spiro atoms. The van der Waals surface area contributed by atoms with Gasteiger partial charge in [-0.15, -0.1) is 0 Å². The van der Waals surface area contributed by atoms with Gasteiger partial charge in [0.05, 0.1) is 23.8 Å². The fourth-order valence-corrected chi connectivity index (χ4v) is 2.87. The molecule has 2 rings (SSSR count). The summed E-state index contributed by atoms with van der Waals surface area (Å²) in [4.78, 5) is 6.39. The van der Waals surface area contributed by atoms with Crippen LogP contribution in [0.5, 0.6) is 5.75 Å². The number of nitrogens with two attached hydrogens (primary N) is 1. The summed E-state index contributed by atoms with van der Waals surface area (Å²) >= 11 is 0. The number of hydrogen-bond donors (Lipinski definition) is 1. The lowest BCUT2D eigenvalue weighted by atomic mass is 10.1. The van der Waals surface area contributed by atoms with Crippen LogP contribution in [0.4, 0.5) is 5.69 Å². The molecular formula is C14H23N3O3S. The van der Waals surface area contributed by atoms with E-state index in [1.165, 1.54) is 0 Å². The summed E-state index contributed by atoms with van der Waals surface area (Å²) < 4.78 is 28.3. The van der Waals surface area contributed by atoms with Crippen LogP contribution < -0.4 is 15.4 Å². The first-order valence-electron chi connectivity index (χ1n) is 7.29. The van der Waals surface area contributed by atoms with Crippen molar-refractivity contribution in [3.63, 3.8) is 0 Å². The lowest BCUT2D eigenvalue weighted by Crippen LogP contribution is -2.39. The van der Waals surface area contributed by atoms with Crippen LogP contribution in [0.3, 0.4) is 0 Å². The molecule has 118 valence electrons. The van der Waals surface area contributed by atoms with E-state index < -0.39 is 9.84 Å². The summed E-state index contributed by atoms with van der Waals surface area (Å²) in [7, 11) is -3.00. The minimum absolute atomic E-state index is 0.0340. The second kappa shape index (κ2) is 7.09. The quantitative estimate of drug-likeness (QED) is 0.837.